The Morgan fingerprint density at radius 1 is 1.21 bits per heavy atom. The molecule has 0 spiro atoms. The summed E-state index contributed by atoms with van der Waals surface area (Å²) in [6, 6.07) is 4.29. The summed E-state index contributed by atoms with van der Waals surface area (Å²) in [4.78, 5) is 9.60. The van der Waals surface area contributed by atoms with Gasteiger partial charge in [0.2, 0.25) is 0 Å². The van der Waals surface area contributed by atoms with Gasteiger partial charge in [0.25, 0.3) is 0 Å². The fourth-order valence-electron chi connectivity index (χ4n) is 2.53. The first-order chi connectivity index (χ1) is 9.22. The van der Waals surface area contributed by atoms with Gasteiger partial charge in [-0.1, -0.05) is 13.3 Å². The smallest absolute Gasteiger partial charge is 0.129 e. The van der Waals surface area contributed by atoms with E-state index in [4.69, 9.17) is 16.6 Å². The van der Waals surface area contributed by atoms with Crippen LogP contribution in [0, 0.1) is 0 Å². The lowest BCUT2D eigenvalue weighted by Gasteiger charge is -2.23. The second-order valence-electron chi connectivity index (χ2n) is 5.35. The zero-order chi connectivity index (χ0) is 13.7. The SMILES string of the molecule is CCCc1cc(CCl)cc(N2CCCN(C)CC2)n1. The maximum atomic E-state index is 6.01. The van der Waals surface area contributed by atoms with Crippen molar-refractivity contribution in [3.8, 4) is 0 Å². The standard InChI is InChI=1S/C15H24ClN3/c1-3-5-14-10-13(12-16)11-15(17-14)19-7-4-6-18(2)8-9-19/h10-11H,3-9,12H2,1-2H3. The van der Waals surface area contributed by atoms with Crippen LogP contribution >= 0.6 is 11.6 Å². The lowest BCUT2D eigenvalue weighted by Crippen LogP contribution is -2.29. The summed E-state index contributed by atoms with van der Waals surface area (Å²) < 4.78 is 0. The molecule has 0 atom stereocenters. The molecule has 2 rings (SSSR count). The van der Waals surface area contributed by atoms with Crippen molar-refractivity contribution < 1.29 is 0 Å². The fraction of sp³-hybridized carbons (Fsp3) is 0.667. The van der Waals surface area contributed by atoms with Gasteiger partial charge in [-0.2, -0.15) is 0 Å². The molecule has 0 N–H and O–H groups in total. The number of rotatable bonds is 4. The minimum atomic E-state index is 0.569. The van der Waals surface area contributed by atoms with Gasteiger partial charge in [0.1, 0.15) is 5.82 Å². The molecule has 1 aliphatic rings. The molecule has 0 radical (unpaired) electrons. The summed E-state index contributed by atoms with van der Waals surface area (Å²) in [5, 5.41) is 0. The Kier molecular flexibility index (Phi) is 5.46. The van der Waals surface area contributed by atoms with E-state index in [0.29, 0.717) is 5.88 Å². The quantitative estimate of drug-likeness (QED) is 0.791. The van der Waals surface area contributed by atoms with Crippen molar-refractivity contribution in [1.29, 1.82) is 0 Å². The molecular weight excluding hydrogens is 258 g/mol. The highest BCUT2D eigenvalue weighted by atomic mass is 35.5. The average Bonchev–Trinajstić information content (AvgIpc) is 2.63. The van der Waals surface area contributed by atoms with Gasteiger partial charge in [-0.05, 0) is 44.1 Å². The van der Waals surface area contributed by atoms with Gasteiger partial charge in [-0.15, -0.1) is 11.6 Å². The number of hydrogen-bond donors (Lipinski definition) is 0. The van der Waals surface area contributed by atoms with Crippen LogP contribution in [0.4, 0.5) is 5.82 Å². The molecule has 0 unspecified atom stereocenters. The van der Waals surface area contributed by atoms with Crippen molar-refractivity contribution in [1.82, 2.24) is 9.88 Å². The molecule has 3 nitrogen and oxygen atoms in total. The Morgan fingerprint density at radius 3 is 2.79 bits per heavy atom. The van der Waals surface area contributed by atoms with E-state index in [0.717, 1.165) is 38.3 Å². The molecule has 0 amide bonds. The van der Waals surface area contributed by atoms with Gasteiger partial charge < -0.3 is 9.80 Å². The molecule has 1 aromatic rings. The minimum Gasteiger partial charge on any atom is -0.355 e. The van der Waals surface area contributed by atoms with E-state index in [-0.39, 0.29) is 0 Å². The van der Waals surface area contributed by atoms with Gasteiger partial charge in [0.15, 0.2) is 0 Å². The van der Waals surface area contributed by atoms with Crippen molar-refractivity contribution in [2.75, 3.05) is 38.1 Å². The third-order valence-electron chi connectivity index (χ3n) is 3.63. The highest BCUT2D eigenvalue weighted by molar-refractivity contribution is 6.17. The number of aromatic nitrogens is 1. The van der Waals surface area contributed by atoms with E-state index in [1.165, 1.54) is 24.2 Å². The molecule has 0 bridgehead atoms. The van der Waals surface area contributed by atoms with Crippen LogP contribution in [0.1, 0.15) is 31.0 Å². The first kappa shape index (κ1) is 14.6. The second kappa shape index (κ2) is 7.11. The maximum absolute atomic E-state index is 6.01. The van der Waals surface area contributed by atoms with Gasteiger partial charge >= 0.3 is 0 Å². The van der Waals surface area contributed by atoms with E-state index in [9.17, 15) is 0 Å². The highest BCUT2D eigenvalue weighted by Gasteiger charge is 2.14. The maximum Gasteiger partial charge on any atom is 0.129 e. The van der Waals surface area contributed by atoms with Crippen LogP contribution in [-0.2, 0) is 12.3 Å². The largest absolute Gasteiger partial charge is 0.355 e. The van der Waals surface area contributed by atoms with Crippen LogP contribution in [0.3, 0.4) is 0 Å². The van der Waals surface area contributed by atoms with Crippen molar-refractivity contribution in [3.63, 3.8) is 0 Å². The molecule has 0 aromatic carbocycles. The summed E-state index contributed by atoms with van der Waals surface area (Å²) in [6.07, 6.45) is 3.36. The Bertz CT molecular complexity index is 408. The van der Waals surface area contributed by atoms with Crippen molar-refractivity contribution in [3.05, 3.63) is 23.4 Å². The summed E-state index contributed by atoms with van der Waals surface area (Å²) in [6.45, 7) is 6.62. The molecule has 1 aliphatic heterocycles. The number of pyridine rings is 1. The van der Waals surface area contributed by atoms with E-state index < -0.39 is 0 Å². The first-order valence-electron chi connectivity index (χ1n) is 7.22. The molecule has 0 saturated carbocycles. The van der Waals surface area contributed by atoms with Crippen LogP contribution in [0.2, 0.25) is 0 Å². The van der Waals surface area contributed by atoms with E-state index in [1.54, 1.807) is 0 Å². The zero-order valence-corrected chi connectivity index (χ0v) is 12.8. The molecule has 106 valence electrons. The molecule has 1 saturated heterocycles. The first-order valence-corrected chi connectivity index (χ1v) is 7.75. The Morgan fingerprint density at radius 2 is 2.05 bits per heavy atom. The summed E-state index contributed by atoms with van der Waals surface area (Å²) >= 11 is 6.01. The van der Waals surface area contributed by atoms with E-state index in [2.05, 4.69) is 35.9 Å². The normalized spacial score (nSPS) is 17.5. The van der Waals surface area contributed by atoms with Gasteiger partial charge in [-0.3, -0.25) is 0 Å². The van der Waals surface area contributed by atoms with E-state index in [1.807, 2.05) is 0 Å². The number of hydrogen-bond acceptors (Lipinski definition) is 3. The summed E-state index contributed by atoms with van der Waals surface area (Å²) in [5.41, 5.74) is 2.36. The number of anilines is 1. The van der Waals surface area contributed by atoms with Gasteiger partial charge in [0, 0.05) is 31.2 Å². The molecular formula is C15H24ClN3. The van der Waals surface area contributed by atoms with Crippen molar-refractivity contribution in [2.24, 2.45) is 0 Å². The van der Waals surface area contributed by atoms with Crippen molar-refractivity contribution in [2.45, 2.75) is 32.1 Å². The number of aryl methyl sites for hydroxylation is 1. The number of alkyl halides is 1. The lowest BCUT2D eigenvalue weighted by atomic mass is 10.1. The Balaban J connectivity index is 2.19. The monoisotopic (exact) mass is 281 g/mol. The van der Waals surface area contributed by atoms with E-state index >= 15 is 0 Å². The lowest BCUT2D eigenvalue weighted by molar-refractivity contribution is 0.360. The number of halogens is 1. The van der Waals surface area contributed by atoms with Crippen LogP contribution in [0.5, 0.6) is 0 Å². The van der Waals surface area contributed by atoms with Crippen LogP contribution in [0.15, 0.2) is 12.1 Å². The van der Waals surface area contributed by atoms with Gasteiger partial charge in [-0.25, -0.2) is 4.98 Å². The molecule has 2 heterocycles. The Hall–Kier alpha value is -0.800. The second-order valence-corrected chi connectivity index (χ2v) is 5.62. The van der Waals surface area contributed by atoms with Gasteiger partial charge in [0.05, 0.1) is 0 Å². The van der Waals surface area contributed by atoms with Crippen LogP contribution in [0.25, 0.3) is 0 Å². The molecule has 0 aliphatic carbocycles. The third kappa shape index (κ3) is 4.08. The summed E-state index contributed by atoms with van der Waals surface area (Å²) in [5.74, 6) is 1.68. The zero-order valence-electron chi connectivity index (χ0n) is 12.0. The molecule has 1 fully saturated rings. The molecule has 19 heavy (non-hydrogen) atoms. The van der Waals surface area contributed by atoms with Crippen LogP contribution in [-0.4, -0.2) is 43.1 Å². The highest BCUT2D eigenvalue weighted by Crippen LogP contribution is 2.19. The fourth-order valence-corrected chi connectivity index (χ4v) is 2.69. The summed E-state index contributed by atoms with van der Waals surface area (Å²) in [7, 11) is 2.19. The predicted octanol–water partition coefficient (Wildman–Crippen LogP) is 2.91. The Labute approximate surface area is 121 Å². The van der Waals surface area contributed by atoms with Crippen molar-refractivity contribution >= 4 is 17.4 Å². The minimum absolute atomic E-state index is 0.569. The average molecular weight is 282 g/mol. The topological polar surface area (TPSA) is 19.4 Å². The molecule has 1 aromatic heterocycles. The molecule has 4 heteroatoms. The number of likely N-dealkylation sites (N-methyl/N-ethyl adjacent to an activating group) is 1. The van der Waals surface area contributed by atoms with Crippen LogP contribution < -0.4 is 4.90 Å². The third-order valence-corrected chi connectivity index (χ3v) is 3.94. The number of nitrogens with zero attached hydrogens (tertiary/aromatic N) is 3. The predicted molar refractivity (Wildman–Crippen MR) is 82.1 cm³/mol.